The second-order valence-electron chi connectivity index (χ2n) is 8.99. The van der Waals surface area contributed by atoms with Gasteiger partial charge in [-0.2, -0.15) is 0 Å². The average Bonchev–Trinajstić information content (AvgIpc) is 2.92. The SMILES string of the molecule is COc1cccc(C(N)=C2C(N)=NCN=C2NCc2cc3cccc(C)c3c(=O)n2-c2cccnc2C)c1. The summed E-state index contributed by atoms with van der Waals surface area (Å²) < 4.78 is 7.06. The molecule has 0 unspecified atom stereocenters. The van der Waals surface area contributed by atoms with Gasteiger partial charge in [-0.05, 0) is 55.1 Å². The number of rotatable bonds is 5. The number of fused-ring (bicyclic) bond motifs is 1. The number of methoxy groups -OCH3 is 1. The zero-order chi connectivity index (χ0) is 26.8. The fraction of sp³-hybridized carbons (Fsp3) is 0.172. The molecule has 38 heavy (non-hydrogen) atoms. The fourth-order valence-electron chi connectivity index (χ4n) is 4.68. The van der Waals surface area contributed by atoms with Crippen molar-refractivity contribution in [2.75, 3.05) is 13.8 Å². The monoisotopic (exact) mass is 507 g/mol. The molecule has 0 bridgehead atoms. The number of nitrogens with zero attached hydrogens (tertiary/aromatic N) is 4. The Balaban J connectivity index is 1.59. The van der Waals surface area contributed by atoms with Gasteiger partial charge in [0.25, 0.3) is 5.56 Å². The van der Waals surface area contributed by atoms with Gasteiger partial charge in [-0.1, -0.05) is 30.3 Å². The maximum absolute atomic E-state index is 13.8. The van der Waals surface area contributed by atoms with Gasteiger partial charge in [-0.3, -0.25) is 14.3 Å². The van der Waals surface area contributed by atoms with E-state index in [1.54, 1.807) is 17.9 Å². The van der Waals surface area contributed by atoms with Gasteiger partial charge in [0.2, 0.25) is 0 Å². The molecule has 0 radical (unpaired) electrons. The summed E-state index contributed by atoms with van der Waals surface area (Å²) in [4.78, 5) is 27.1. The zero-order valence-electron chi connectivity index (χ0n) is 21.5. The summed E-state index contributed by atoms with van der Waals surface area (Å²) >= 11 is 0. The summed E-state index contributed by atoms with van der Waals surface area (Å²) in [6, 6.07) is 19.0. The maximum atomic E-state index is 13.8. The first-order valence-corrected chi connectivity index (χ1v) is 12.2. The highest BCUT2D eigenvalue weighted by Gasteiger charge is 2.21. The molecule has 2 aromatic heterocycles. The normalized spacial score (nSPS) is 14.6. The Bertz CT molecular complexity index is 1700. The summed E-state index contributed by atoms with van der Waals surface area (Å²) in [7, 11) is 1.60. The molecule has 1 aliphatic rings. The van der Waals surface area contributed by atoms with Crippen LogP contribution >= 0.6 is 0 Å². The second-order valence-corrected chi connectivity index (χ2v) is 8.99. The van der Waals surface area contributed by atoms with E-state index in [1.165, 1.54) is 0 Å². The smallest absolute Gasteiger partial charge is 0.263 e. The van der Waals surface area contributed by atoms with E-state index < -0.39 is 0 Å². The number of amidine groups is 2. The van der Waals surface area contributed by atoms with Crippen LogP contribution in [0.1, 0.15) is 22.5 Å². The van der Waals surface area contributed by atoms with Gasteiger partial charge in [-0.25, -0.2) is 9.98 Å². The van der Waals surface area contributed by atoms with E-state index in [2.05, 4.69) is 20.3 Å². The van der Waals surface area contributed by atoms with E-state index >= 15 is 0 Å². The number of nitrogens with two attached hydrogens (primary N) is 2. The van der Waals surface area contributed by atoms with Crippen molar-refractivity contribution in [3.05, 3.63) is 105 Å². The number of pyridine rings is 2. The third-order valence-electron chi connectivity index (χ3n) is 6.60. The van der Waals surface area contributed by atoms with E-state index in [1.807, 2.05) is 74.5 Å². The van der Waals surface area contributed by atoms with Crippen LogP contribution in [0.4, 0.5) is 0 Å². The largest absolute Gasteiger partial charge is 0.497 e. The summed E-state index contributed by atoms with van der Waals surface area (Å²) in [5.41, 5.74) is 17.6. The molecule has 0 atom stereocenters. The summed E-state index contributed by atoms with van der Waals surface area (Å²) in [6.45, 7) is 4.29. The molecule has 9 nitrogen and oxygen atoms in total. The highest BCUT2D eigenvalue weighted by atomic mass is 16.5. The predicted molar refractivity (Wildman–Crippen MR) is 152 cm³/mol. The standard InChI is InChI=1S/C29H29N7O2/c1-17-7-4-8-19-13-21(36(29(37)24(17)19)23-11-6-12-32-18(23)2)15-33-28-25(27(31)34-16-35-28)26(30)20-9-5-10-22(14-20)38-3/h4-14H,15-16,30H2,1-3H3,(H2,31,34)(H,33,35). The minimum Gasteiger partial charge on any atom is -0.497 e. The van der Waals surface area contributed by atoms with Crippen LogP contribution in [0, 0.1) is 13.8 Å². The molecule has 5 N–H and O–H groups in total. The van der Waals surface area contributed by atoms with Gasteiger partial charge in [0.15, 0.2) is 0 Å². The van der Waals surface area contributed by atoms with Crippen molar-refractivity contribution in [3.8, 4) is 11.4 Å². The van der Waals surface area contributed by atoms with Crippen molar-refractivity contribution in [2.45, 2.75) is 20.4 Å². The van der Waals surface area contributed by atoms with Crippen molar-refractivity contribution < 1.29 is 4.74 Å². The Kier molecular flexibility index (Phi) is 6.66. The lowest BCUT2D eigenvalue weighted by atomic mass is 10.0. The van der Waals surface area contributed by atoms with Crippen molar-refractivity contribution in [3.63, 3.8) is 0 Å². The lowest BCUT2D eigenvalue weighted by Crippen LogP contribution is -2.37. The number of aromatic nitrogens is 2. The Morgan fingerprint density at radius 2 is 1.89 bits per heavy atom. The Hall–Kier alpha value is -4.92. The number of nitrogens with one attached hydrogen (secondary N) is 1. The lowest BCUT2D eigenvalue weighted by Gasteiger charge is -2.21. The number of hydrogen-bond acceptors (Lipinski definition) is 8. The van der Waals surface area contributed by atoms with E-state index in [4.69, 9.17) is 16.2 Å². The molecule has 0 saturated heterocycles. The molecule has 0 amide bonds. The topological polar surface area (TPSA) is 133 Å². The highest BCUT2D eigenvalue weighted by molar-refractivity contribution is 6.27. The highest BCUT2D eigenvalue weighted by Crippen LogP contribution is 2.23. The Morgan fingerprint density at radius 1 is 1.08 bits per heavy atom. The Labute approximate surface area is 220 Å². The van der Waals surface area contributed by atoms with Crippen molar-refractivity contribution in [1.29, 1.82) is 0 Å². The average molecular weight is 508 g/mol. The number of aryl methyl sites for hydroxylation is 2. The van der Waals surface area contributed by atoms with Crippen LogP contribution < -0.4 is 27.1 Å². The molecule has 0 spiro atoms. The van der Waals surface area contributed by atoms with E-state index in [0.29, 0.717) is 28.2 Å². The van der Waals surface area contributed by atoms with Crippen molar-refractivity contribution in [2.24, 2.45) is 21.5 Å². The molecule has 2 aromatic carbocycles. The van der Waals surface area contributed by atoms with E-state index in [9.17, 15) is 4.79 Å². The molecule has 9 heteroatoms. The van der Waals surface area contributed by atoms with Crippen LogP contribution in [-0.2, 0) is 6.54 Å². The fourth-order valence-corrected chi connectivity index (χ4v) is 4.68. The second kappa shape index (κ2) is 10.2. The molecule has 1 aliphatic heterocycles. The van der Waals surface area contributed by atoms with Gasteiger partial charge in [0.1, 0.15) is 24.1 Å². The molecule has 0 fully saturated rings. The first-order chi connectivity index (χ1) is 18.4. The predicted octanol–water partition coefficient (Wildman–Crippen LogP) is 3.20. The molecule has 0 aliphatic carbocycles. The first-order valence-electron chi connectivity index (χ1n) is 12.2. The molecule has 4 aromatic rings. The van der Waals surface area contributed by atoms with Gasteiger partial charge < -0.3 is 21.5 Å². The molecular formula is C29H29N7O2. The zero-order valence-corrected chi connectivity index (χ0v) is 21.5. The molecule has 3 heterocycles. The van der Waals surface area contributed by atoms with E-state index in [-0.39, 0.29) is 24.6 Å². The lowest BCUT2D eigenvalue weighted by molar-refractivity contribution is 0.414. The van der Waals surface area contributed by atoms with E-state index in [0.717, 1.165) is 33.6 Å². The van der Waals surface area contributed by atoms with Crippen LogP contribution in [0.5, 0.6) is 5.75 Å². The third-order valence-corrected chi connectivity index (χ3v) is 6.60. The van der Waals surface area contributed by atoms with Crippen LogP contribution in [-0.4, -0.2) is 35.0 Å². The van der Waals surface area contributed by atoms with Gasteiger partial charge >= 0.3 is 0 Å². The van der Waals surface area contributed by atoms with Crippen LogP contribution in [0.15, 0.2) is 87.2 Å². The summed E-state index contributed by atoms with van der Waals surface area (Å²) in [6.07, 6.45) is 1.71. The molecule has 5 rings (SSSR count). The van der Waals surface area contributed by atoms with Crippen molar-refractivity contribution >= 4 is 28.1 Å². The first kappa shape index (κ1) is 24.8. The Morgan fingerprint density at radius 3 is 2.68 bits per heavy atom. The van der Waals surface area contributed by atoms with Crippen LogP contribution in [0.2, 0.25) is 0 Å². The number of aliphatic imine (C=N–C) groups is 2. The minimum atomic E-state index is -0.105. The molecule has 0 saturated carbocycles. The van der Waals surface area contributed by atoms with Gasteiger partial charge in [0, 0.05) is 17.5 Å². The third kappa shape index (κ3) is 4.50. The summed E-state index contributed by atoms with van der Waals surface area (Å²) in [5.74, 6) is 1.47. The minimum absolute atomic E-state index is 0.105. The van der Waals surface area contributed by atoms with Gasteiger partial charge in [0.05, 0.1) is 41.7 Å². The quantitative estimate of drug-likeness (QED) is 0.380. The molecular weight excluding hydrogens is 478 g/mol. The van der Waals surface area contributed by atoms with Crippen LogP contribution in [0.25, 0.3) is 22.2 Å². The maximum Gasteiger partial charge on any atom is 0.263 e. The number of ether oxygens (including phenoxy) is 1. The molecule has 192 valence electrons. The number of benzene rings is 2. The van der Waals surface area contributed by atoms with Crippen molar-refractivity contribution in [1.82, 2.24) is 14.9 Å². The van der Waals surface area contributed by atoms with Gasteiger partial charge in [-0.15, -0.1) is 0 Å². The number of hydrogen-bond donors (Lipinski definition) is 3. The summed E-state index contributed by atoms with van der Waals surface area (Å²) in [5, 5.41) is 4.91. The van der Waals surface area contributed by atoms with Crippen LogP contribution in [0.3, 0.4) is 0 Å².